The van der Waals surface area contributed by atoms with E-state index in [1.165, 1.54) is 31.8 Å². The van der Waals surface area contributed by atoms with Gasteiger partial charge in [-0.15, -0.1) is 0 Å². The number of hydrogen-bond donors (Lipinski definition) is 2. The van der Waals surface area contributed by atoms with Crippen LogP contribution in [0.2, 0.25) is 0 Å². The Labute approximate surface area is 227 Å². The predicted octanol–water partition coefficient (Wildman–Crippen LogP) is 3.85. The molecule has 40 heavy (non-hydrogen) atoms. The zero-order valence-electron chi connectivity index (χ0n) is 21.0. The molecule has 10 nitrogen and oxygen atoms in total. The lowest BCUT2D eigenvalue weighted by Gasteiger charge is -2.13. The second-order valence-electron chi connectivity index (χ2n) is 8.60. The largest absolute Gasteiger partial charge is 0.480 e. The number of amides is 1. The van der Waals surface area contributed by atoms with Gasteiger partial charge in [-0.05, 0) is 30.2 Å². The van der Waals surface area contributed by atoms with E-state index in [0.717, 1.165) is 17.7 Å². The summed E-state index contributed by atoms with van der Waals surface area (Å²) >= 11 is 0. The number of nitrogens with one attached hydrogen (secondary N) is 2. The van der Waals surface area contributed by atoms with Crippen molar-refractivity contribution in [3.63, 3.8) is 0 Å². The topological polar surface area (TPSA) is 128 Å². The van der Waals surface area contributed by atoms with Crippen LogP contribution >= 0.6 is 0 Å². The molecule has 0 aliphatic carbocycles. The summed E-state index contributed by atoms with van der Waals surface area (Å²) in [7, 11) is -3.18. The van der Waals surface area contributed by atoms with Gasteiger partial charge in [0.25, 0.3) is 15.9 Å². The van der Waals surface area contributed by atoms with Crippen LogP contribution in [-0.2, 0) is 16.4 Å². The molecule has 0 unspecified atom stereocenters. The van der Waals surface area contributed by atoms with Crippen molar-refractivity contribution < 1.29 is 26.7 Å². The van der Waals surface area contributed by atoms with Gasteiger partial charge in [0.2, 0.25) is 5.88 Å². The Morgan fingerprint density at radius 1 is 1.00 bits per heavy atom. The molecular weight excluding hydrogens is 542 g/mol. The molecule has 0 aliphatic rings. The summed E-state index contributed by atoms with van der Waals surface area (Å²) in [6.45, 7) is 0.425. The molecule has 2 aromatic carbocycles. The second kappa shape index (κ2) is 11.1. The van der Waals surface area contributed by atoms with Gasteiger partial charge in [-0.2, -0.15) is 0 Å². The summed E-state index contributed by atoms with van der Waals surface area (Å²) in [5.41, 5.74) is 2.40. The van der Waals surface area contributed by atoms with Crippen molar-refractivity contribution in [3.05, 3.63) is 102 Å². The molecule has 2 N–H and O–H groups in total. The maximum atomic E-state index is 14.2. The lowest BCUT2D eigenvalue weighted by atomic mass is 10.1. The Bertz CT molecular complexity index is 1810. The van der Waals surface area contributed by atoms with Gasteiger partial charge in [0.05, 0.1) is 25.2 Å². The van der Waals surface area contributed by atoms with Crippen LogP contribution in [0.25, 0.3) is 16.9 Å². The molecule has 0 fully saturated rings. The minimum atomic E-state index is -4.47. The Balaban J connectivity index is 1.41. The van der Waals surface area contributed by atoms with Crippen molar-refractivity contribution in [2.75, 3.05) is 18.4 Å². The normalized spacial score (nSPS) is 11.4. The van der Waals surface area contributed by atoms with Crippen molar-refractivity contribution in [2.45, 2.75) is 11.3 Å². The quantitative estimate of drug-likeness (QED) is 0.278. The van der Waals surface area contributed by atoms with Crippen LogP contribution in [0.5, 0.6) is 5.88 Å². The number of sulfonamides is 1. The van der Waals surface area contributed by atoms with Gasteiger partial charge in [0, 0.05) is 30.6 Å². The molecule has 5 aromatic rings. The fourth-order valence-corrected chi connectivity index (χ4v) is 5.09. The summed E-state index contributed by atoms with van der Waals surface area (Å²) in [6.07, 6.45) is 6.52. The minimum Gasteiger partial charge on any atom is -0.480 e. The number of halogens is 2. The number of fused-ring (bicyclic) bond motifs is 1. The van der Waals surface area contributed by atoms with Crippen molar-refractivity contribution >= 4 is 27.3 Å². The van der Waals surface area contributed by atoms with Gasteiger partial charge in [-0.3, -0.25) is 18.9 Å². The number of rotatable bonds is 9. The van der Waals surface area contributed by atoms with Gasteiger partial charge in [0.15, 0.2) is 5.65 Å². The van der Waals surface area contributed by atoms with E-state index in [4.69, 9.17) is 4.74 Å². The molecule has 0 atom stereocenters. The molecule has 0 bridgehead atoms. The van der Waals surface area contributed by atoms with E-state index >= 15 is 0 Å². The number of hydrogen-bond acceptors (Lipinski definition) is 7. The van der Waals surface area contributed by atoms with E-state index in [-0.39, 0.29) is 23.2 Å². The van der Waals surface area contributed by atoms with Gasteiger partial charge in [0.1, 0.15) is 27.9 Å². The molecule has 13 heteroatoms. The molecule has 0 aliphatic heterocycles. The minimum absolute atomic E-state index is 0.0861. The maximum Gasteiger partial charge on any atom is 0.269 e. The lowest BCUT2D eigenvalue weighted by molar-refractivity contribution is 0.0948. The summed E-state index contributed by atoms with van der Waals surface area (Å²) in [5.74, 6) is -2.58. The monoisotopic (exact) mass is 564 g/mol. The van der Waals surface area contributed by atoms with Gasteiger partial charge >= 0.3 is 0 Å². The molecule has 3 heterocycles. The van der Waals surface area contributed by atoms with Crippen LogP contribution in [-0.4, -0.2) is 47.3 Å². The predicted molar refractivity (Wildman–Crippen MR) is 142 cm³/mol. The number of carbonyl (C=O) groups is 1. The molecule has 3 aromatic heterocycles. The molecule has 204 valence electrons. The number of anilines is 1. The highest BCUT2D eigenvalue weighted by atomic mass is 32.2. The van der Waals surface area contributed by atoms with Crippen molar-refractivity contribution in [1.29, 1.82) is 0 Å². The first kappa shape index (κ1) is 26.7. The average Bonchev–Trinajstić information content (AvgIpc) is 3.36. The van der Waals surface area contributed by atoms with E-state index in [1.807, 2.05) is 30.3 Å². The molecule has 5 rings (SSSR count). The first-order valence-corrected chi connectivity index (χ1v) is 13.4. The molecular formula is C27H22F2N6O4S. The van der Waals surface area contributed by atoms with Crippen LogP contribution in [0.1, 0.15) is 16.1 Å². The van der Waals surface area contributed by atoms with Crippen molar-refractivity contribution in [2.24, 2.45) is 0 Å². The molecule has 0 saturated heterocycles. The summed E-state index contributed by atoms with van der Waals surface area (Å²) in [6, 6.07) is 13.3. The number of nitrogens with zero attached hydrogens (tertiary/aromatic N) is 4. The van der Waals surface area contributed by atoms with Gasteiger partial charge in [-0.25, -0.2) is 27.2 Å². The summed E-state index contributed by atoms with van der Waals surface area (Å²) in [4.78, 5) is 24.9. The summed E-state index contributed by atoms with van der Waals surface area (Å²) < 4.78 is 62.2. The number of pyridine rings is 1. The van der Waals surface area contributed by atoms with E-state index in [9.17, 15) is 22.0 Å². The highest BCUT2D eigenvalue weighted by Gasteiger charge is 2.22. The SMILES string of the molecule is COc1ncc(-c2cn3c(C(=O)NCCc4ccccc4)cnc3cn2)cc1NS(=O)(=O)c1ccc(F)cc1F. The third kappa shape index (κ3) is 5.59. The number of benzene rings is 2. The third-order valence-corrected chi connectivity index (χ3v) is 7.34. The smallest absolute Gasteiger partial charge is 0.269 e. The number of methoxy groups -OCH3 is 1. The highest BCUT2D eigenvalue weighted by molar-refractivity contribution is 7.92. The van der Waals surface area contributed by atoms with Crippen molar-refractivity contribution in [3.8, 4) is 17.1 Å². The van der Waals surface area contributed by atoms with Crippen molar-refractivity contribution in [1.82, 2.24) is 24.7 Å². The first-order valence-electron chi connectivity index (χ1n) is 11.9. The zero-order chi connectivity index (χ0) is 28.3. The highest BCUT2D eigenvalue weighted by Crippen LogP contribution is 2.30. The van der Waals surface area contributed by atoms with E-state index in [1.54, 1.807) is 10.6 Å². The molecule has 1 amide bonds. The van der Waals surface area contributed by atoms with E-state index in [0.29, 0.717) is 35.9 Å². The Morgan fingerprint density at radius 3 is 2.55 bits per heavy atom. The van der Waals surface area contributed by atoms with Gasteiger partial charge in [-0.1, -0.05) is 30.3 Å². The number of aromatic nitrogens is 4. The fourth-order valence-electron chi connectivity index (χ4n) is 3.98. The second-order valence-corrected chi connectivity index (χ2v) is 10.2. The third-order valence-electron chi connectivity index (χ3n) is 5.94. The van der Waals surface area contributed by atoms with E-state index < -0.39 is 26.6 Å². The first-order chi connectivity index (χ1) is 19.2. The van der Waals surface area contributed by atoms with Crippen LogP contribution in [0.15, 0.2) is 84.3 Å². The Morgan fingerprint density at radius 2 is 1.80 bits per heavy atom. The van der Waals surface area contributed by atoms with Crippen LogP contribution in [0.3, 0.4) is 0 Å². The van der Waals surface area contributed by atoms with Crippen LogP contribution < -0.4 is 14.8 Å². The fraction of sp³-hybridized carbons (Fsp3) is 0.111. The van der Waals surface area contributed by atoms with Gasteiger partial charge < -0.3 is 10.1 Å². The van der Waals surface area contributed by atoms with Crippen LogP contribution in [0, 0.1) is 11.6 Å². The van der Waals surface area contributed by atoms with E-state index in [2.05, 4.69) is 25.0 Å². The maximum absolute atomic E-state index is 14.2. The number of imidazole rings is 1. The molecule has 0 spiro atoms. The lowest BCUT2D eigenvalue weighted by Crippen LogP contribution is -2.26. The average molecular weight is 565 g/mol. The Hall–Kier alpha value is -4.91. The number of carbonyl (C=O) groups excluding carboxylic acids is 1. The summed E-state index contributed by atoms with van der Waals surface area (Å²) in [5, 5.41) is 2.88. The zero-order valence-corrected chi connectivity index (χ0v) is 21.8. The Kier molecular flexibility index (Phi) is 7.38. The molecule has 0 saturated carbocycles. The van der Waals surface area contributed by atoms with Crippen LogP contribution in [0.4, 0.5) is 14.5 Å². The number of ether oxygens (including phenoxy) is 1. The standard InChI is InChI=1S/C27H22F2N6O4S/c1-39-27-21(34-40(37,38)24-8-7-19(28)12-20(24)29)11-18(13-33-27)22-16-35-23(14-32-25(35)15-31-22)26(36)30-10-9-17-5-3-2-4-6-17/h2-8,11-16,34H,9-10H2,1H3,(H,30,36). The molecule has 0 radical (unpaired) electrons.